The average Bonchev–Trinajstić information content (AvgIpc) is 3.20. The minimum absolute atomic E-state index is 0.165. The number of nitrogens with zero attached hydrogens (tertiary/aromatic N) is 6. The Labute approximate surface area is 329 Å². The number of pyridine rings is 2. The number of rotatable bonds is 2. The zero-order valence-corrected chi connectivity index (χ0v) is 33.2. The van der Waals surface area contributed by atoms with Crippen molar-refractivity contribution in [3.8, 4) is 22.6 Å². The van der Waals surface area contributed by atoms with Crippen LogP contribution < -0.4 is 9.80 Å². The van der Waals surface area contributed by atoms with E-state index >= 15 is 0 Å². The maximum Gasteiger partial charge on any atom is 0.159 e. The minimum atomic E-state index is -0.246. The molecule has 4 aromatic carbocycles. The van der Waals surface area contributed by atoms with E-state index in [4.69, 9.17) is 9.97 Å². The smallest absolute Gasteiger partial charge is 0.159 e. The van der Waals surface area contributed by atoms with E-state index in [9.17, 15) is 0 Å². The lowest BCUT2D eigenvalue weighted by atomic mass is 9.66. The number of para-hydroxylation sites is 2. The van der Waals surface area contributed by atoms with Crippen molar-refractivity contribution in [1.82, 2.24) is 19.9 Å². The molecule has 7 heterocycles. The Balaban J connectivity index is 1.03. The summed E-state index contributed by atoms with van der Waals surface area (Å²) in [7, 11) is 0. The third-order valence-electron chi connectivity index (χ3n) is 13.7. The molecule has 0 fully saturated rings. The molecule has 274 valence electrons. The Bertz CT molecular complexity index is 2660. The summed E-state index contributed by atoms with van der Waals surface area (Å²) in [5.74, 6) is 0.719. The second-order valence-electron chi connectivity index (χ2n) is 18.1. The maximum absolute atomic E-state index is 5.28. The number of benzene rings is 4. The van der Waals surface area contributed by atoms with Crippen LogP contribution in [0.4, 0.5) is 34.1 Å². The lowest BCUT2D eigenvalue weighted by molar-refractivity contribution is 0.595. The monoisotopic (exact) mass is 728 g/mol. The lowest BCUT2D eigenvalue weighted by Crippen LogP contribution is -2.38. The van der Waals surface area contributed by atoms with E-state index in [1.165, 1.54) is 78.6 Å². The predicted molar refractivity (Wildman–Crippen MR) is 226 cm³/mol. The predicted octanol–water partition coefficient (Wildman–Crippen LogP) is 12.1. The van der Waals surface area contributed by atoms with Crippen molar-refractivity contribution in [2.24, 2.45) is 0 Å². The molecule has 11 rings (SSSR count). The van der Waals surface area contributed by atoms with Crippen molar-refractivity contribution in [2.45, 2.75) is 77.0 Å². The molecule has 0 radical (unpaired) electrons. The minimum Gasteiger partial charge on any atom is -0.309 e. The fourth-order valence-electron chi connectivity index (χ4n) is 10.5. The van der Waals surface area contributed by atoms with Crippen LogP contribution in [0.3, 0.4) is 0 Å². The summed E-state index contributed by atoms with van der Waals surface area (Å²) in [6.07, 6.45) is 9.82. The van der Waals surface area contributed by atoms with E-state index in [1.807, 2.05) is 37.1 Å². The first-order valence-electron chi connectivity index (χ1n) is 19.7. The Hall–Kier alpha value is -6.14. The van der Waals surface area contributed by atoms with Gasteiger partial charge in [-0.3, -0.25) is 9.97 Å². The van der Waals surface area contributed by atoms with Gasteiger partial charge in [0.25, 0.3) is 0 Å². The number of anilines is 6. The van der Waals surface area contributed by atoms with Gasteiger partial charge in [-0.15, -0.1) is 0 Å². The summed E-state index contributed by atoms with van der Waals surface area (Å²) in [6.45, 7) is 18.7. The van der Waals surface area contributed by atoms with Gasteiger partial charge >= 0.3 is 0 Å². The van der Waals surface area contributed by atoms with Crippen LogP contribution in [0.1, 0.15) is 99.9 Å². The number of aromatic nitrogens is 4. The highest BCUT2D eigenvalue weighted by Gasteiger charge is 2.47. The highest BCUT2D eigenvalue weighted by Crippen LogP contribution is 2.61. The molecule has 0 unspecified atom stereocenters. The van der Waals surface area contributed by atoms with E-state index < -0.39 is 0 Å². The Morgan fingerprint density at radius 1 is 0.411 bits per heavy atom. The van der Waals surface area contributed by atoms with Crippen molar-refractivity contribution in [3.05, 3.63) is 166 Å². The summed E-state index contributed by atoms with van der Waals surface area (Å²) >= 11 is 0. The lowest BCUT2D eigenvalue weighted by Gasteiger charge is -2.49. The SMILES string of the molecule is CC1(C)c2cnccc2N2c3ccc(-c4ccnc(-c5ccc6c(c5)C(C)(C)c5cccc7c5N6c5ccncc5C7(C)C)n4)cc3C(C)(C)c3cccc1c32. The highest BCUT2D eigenvalue weighted by atomic mass is 15.2. The summed E-state index contributed by atoms with van der Waals surface area (Å²) < 4.78 is 0. The molecular formula is C50H44N6. The Kier molecular flexibility index (Phi) is 6.40. The van der Waals surface area contributed by atoms with E-state index in [1.54, 1.807) is 0 Å². The first-order valence-corrected chi connectivity index (χ1v) is 19.7. The first kappa shape index (κ1) is 33.2. The van der Waals surface area contributed by atoms with Gasteiger partial charge in [-0.2, -0.15) is 0 Å². The molecule has 0 spiro atoms. The number of hydrogen-bond acceptors (Lipinski definition) is 6. The van der Waals surface area contributed by atoms with Gasteiger partial charge in [0.1, 0.15) is 0 Å². The zero-order valence-electron chi connectivity index (χ0n) is 33.2. The topological polar surface area (TPSA) is 58.0 Å². The molecular weight excluding hydrogens is 685 g/mol. The van der Waals surface area contributed by atoms with Gasteiger partial charge < -0.3 is 9.80 Å². The van der Waals surface area contributed by atoms with Gasteiger partial charge in [0, 0.05) is 74.9 Å². The number of hydrogen-bond donors (Lipinski definition) is 0. The van der Waals surface area contributed by atoms with Crippen molar-refractivity contribution in [2.75, 3.05) is 9.80 Å². The quantitative estimate of drug-likeness (QED) is 0.177. The third-order valence-corrected chi connectivity index (χ3v) is 13.7. The molecule has 0 atom stereocenters. The van der Waals surface area contributed by atoms with Crippen LogP contribution in [-0.2, 0) is 21.7 Å². The molecule has 56 heavy (non-hydrogen) atoms. The molecule has 6 nitrogen and oxygen atoms in total. The molecule has 4 aliphatic rings. The van der Waals surface area contributed by atoms with E-state index in [0.29, 0.717) is 0 Å². The molecule has 3 aromatic heterocycles. The normalized spacial score (nSPS) is 17.8. The molecule has 0 amide bonds. The number of fused-ring (bicyclic) bond motifs is 8. The Morgan fingerprint density at radius 2 is 0.839 bits per heavy atom. The fraction of sp³-hybridized carbons (Fsp3) is 0.240. The maximum atomic E-state index is 5.28. The van der Waals surface area contributed by atoms with Crippen molar-refractivity contribution >= 4 is 34.1 Å². The van der Waals surface area contributed by atoms with E-state index in [0.717, 1.165) is 22.6 Å². The van der Waals surface area contributed by atoms with E-state index in [2.05, 4.69) is 160 Å². The van der Waals surface area contributed by atoms with Gasteiger partial charge in [-0.05, 0) is 81.9 Å². The summed E-state index contributed by atoms with van der Waals surface area (Å²) in [4.78, 5) is 24.2. The van der Waals surface area contributed by atoms with Crippen LogP contribution in [0.25, 0.3) is 22.6 Å². The molecule has 0 saturated heterocycles. The summed E-state index contributed by atoms with van der Waals surface area (Å²) in [6, 6.07) is 33.7. The second-order valence-corrected chi connectivity index (χ2v) is 18.1. The molecule has 0 bridgehead atoms. The van der Waals surface area contributed by atoms with E-state index in [-0.39, 0.29) is 21.7 Å². The van der Waals surface area contributed by atoms with Crippen LogP contribution in [0, 0.1) is 0 Å². The second kappa shape index (κ2) is 10.8. The largest absolute Gasteiger partial charge is 0.309 e. The standard InChI is InChI=1S/C50H44N6/c1-47(2)31-11-9-13-33-44(31)55(42-20-22-51-27-37(42)49(33,5)6)40-17-15-29(25-35(40)47)39-19-24-53-46(54-39)30-16-18-41-36(26-30)48(3,4)32-12-10-14-34-45(32)56(41)43-21-23-52-28-38(43)50(34,7)8/h9-28H,1-8H3. The Morgan fingerprint density at radius 3 is 1.34 bits per heavy atom. The van der Waals surface area contributed by atoms with Crippen LogP contribution in [0.15, 0.2) is 122 Å². The third kappa shape index (κ3) is 4.11. The molecule has 4 aliphatic heterocycles. The highest BCUT2D eigenvalue weighted by molar-refractivity contribution is 5.95. The molecule has 0 saturated carbocycles. The van der Waals surface area contributed by atoms with Crippen LogP contribution in [0.5, 0.6) is 0 Å². The first-order chi connectivity index (χ1) is 26.8. The van der Waals surface area contributed by atoms with Gasteiger partial charge in [-0.25, -0.2) is 9.97 Å². The summed E-state index contributed by atoms with van der Waals surface area (Å²) in [5.41, 5.74) is 19.9. The van der Waals surface area contributed by atoms with Gasteiger partial charge in [0.2, 0.25) is 0 Å². The summed E-state index contributed by atoms with van der Waals surface area (Å²) in [5, 5.41) is 0. The molecule has 6 heteroatoms. The van der Waals surface area contributed by atoms with Gasteiger partial charge in [-0.1, -0.05) is 97.9 Å². The van der Waals surface area contributed by atoms with Crippen molar-refractivity contribution in [3.63, 3.8) is 0 Å². The van der Waals surface area contributed by atoms with Crippen LogP contribution in [-0.4, -0.2) is 19.9 Å². The molecule has 0 aliphatic carbocycles. The van der Waals surface area contributed by atoms with Crippen LogP contribution in [0.2, 0.25) is 0 Å². The fourth-order valence-corrected chi connectivity index (χ4v) is 10.5. The zero-order chi connectivity index (χ0) is 38.5. The molecule has 7 aromatic rings. The van der Waals surface area contributed by atoms with Crippen molar-refractivity contribution in [1.29, 1.82) is 0 Å². The average molecular weight is 729 g/mol. The molecule has 0 N–H and O–H groups in total. The van der Waals surface area contributed by atoms with Crippen molar-refractivity contribution < 1.29 is 0 Å². The van der Waals surface area contributed by atoms with Crippen LogP contribution >= 0.6 is 0 Å². The van der Waals surface area contributed by atoms with Gasteiger partial charge in [0.05, 0.1) is 39.8 Å². The van der Waals surface area contributed by atoms with Gasteiger partial charge in [0.15, 0.2) is 5.82 Å².